The molecule has 21 heteroatoms. The van der Waals surface area contributed by atoms with Gasteiger partial charge in [-0.2, -0.15) is 0 Å². The average Bonchev–Trinajstić information content (AvgIpc) is 3.37. The zero-order valence-corrected chi connectivity index (χ0v) is 52.6. The van der Waals surface area contributed by atoms with Crippen LogP contribution in [0.3, 0.4) is 0 Å². The van der Waals surface area contributed by atoms with Gasteiger partial charge in [0.25, 0.3) is 0 Å². The number of piperazine rings is 2. The molecule has 1 amide bonds. The Kier molecular flexibility index (Phi) is 31.4. The summed E-state index contributed by atoms with van der Waals surface area (Å²) in [7, 11) is 0. The van der Waals surface area contributed by atoms with Crippen LogP contribution in [0.2, 0.25) is 20.1 Å². The number of Topliss-reactive ketones (excluding diaryl/α,β-unsaturated/α-hetero) is 1. The number of aryl methyl sites for hydroxylation is 2. The Morgan fingerprint density at radius 1 is 0.557 bits per heavy atom. The summed E-state index contributed by atoms with van der Waals surface area (Å²) in [4.78, 5) is 34.6. The van der Waals surface area contributed by atoms with Crippen molar-refractivity contribution >= 4 is 150 Å². The van der Waals surface area contributed by atoms with E-state index in [9.17, 15) is 14.7 Å². The summed E-state index contributed by atoms with van der Waals surface area (Å²) in [6.07, 6.45) is 7.40. The number of ketones is 1. The second kappa shape index (κ2) is 35.2. The second-order valence-electron chi connectivity index (χ2n) is 16.5. The van der Waals surface area contributed by atoms with Crippen LogP contribution in [0.15, 0.2) is 72.8 Å². The fourth-order valence-corrected chi connectivity index (χ4v) is 9.42. The number of ether oxygens (including phenoxy) is 2. The molecule has 4 aromatic carbocycles. The van der Waals surface area contributed by atoms with E-state index in [0.717, 1.165) is 137 Å². The van der Waals surface area contributed by atoms with Crippen LogP contribution in [-0.4, -0.2) is 129 Å². The summed E-state index contributed by atoms with van der Waals surface area (Å²) >= 11 is 34.6. The Bertz CT molecular complexity index is 2210. The van der Waals surface area contributed by atoms with Crippen LogP contribution in [-0.2, 0) is 28.9 Å². The molecule has 0 atom stereocenters. The first-order valence-electron chi connectivity index (χ1n) is 23.0. The molecule has 1 aliphatic carbocycles. The molecule has 0 spiro atoms. The van der Waals surface area contributed by atoms with Gasteiger partial charge in [-0.1, -0.05) is 70.7 Å². The standard InChI is InChI=1S/C24H29Cl2N3O3.C24H28Cl2N2O2.CH4O2.I3.I2/c25-20-4-3-5-21(24(20)26)28-13-11-27(12-14-28)10-1-2-15-32-19-8-6-18-7-9-23(31)29(17-30)22(18)16-19;25-22-4-3-5-23(24(22)26)28-13-11-27(12-14-28)10-1-2-15-30-21-9-7-18-6-8-20(29)16-19(18)17-21;2-1-3;1-3-2;1-2/h3-6,8,16,30H,1-2,7,9-15,17H2;3-5,7,9,17H,1-2,6,8,10-16H2;2-3H,1H2;;/q;;;-1;. The summed E-state index contributed by atoms with van der Waals surface area (Å²) < 4.78 is 11.8. The zero-order valence-electron chi connectivity index (χ0n) is 38.8. The van der Waals surface area contributed by atoms with E-state index >= 15 is 0 Å². The molecular weight excluding hydrogens is 1550 g/mol. The van der Waals surface area contributed by atoms with Gasteiger partial charge in [0.2, 0.25) is 5.91 Å². The maximum absolute atomic E-state index is 12.0. The van der Waals surface area contributed by atoms with Gasteiger partial charge in [0.1, 0.15) is 30.8 Å². The molecule has 388 valence electrons. The molecule has 0 bridgehead atoms. The van der Waals surface area contributed by atoms with Gasteiger partial charge in [-0.3, -0.25) is 24.3 Å². The van der Waals surface area contributed by atoms with Crippen molar-refractivity contribution in [1.29, 1.82) is 0 Å². The van der Waals surface area contributed by atoms with E-state index in [1.54, 1.807) is 0 Å². The van der Waals surface area contributed by atoms with Crippen LogP contribution in [0.5, 0.6) is 11.5 Å². The molecule has 0 unspecified atom stereocenters. The van der Waals surface area contributed by atoms with E-state index < -0.39 is 6.79 Å². The predicted octanol–water partition coefficient (Wildman–Crippen LogP) is 8.71. The Hall–Kier alpha value is -0.170. The number of amides is 1. The summed E-state index contributed by atoms with van der Waals surface area (Å²) in [5.74, 6) is 1.91. The molecule has 4 aromatic rings. The van der Waals surface area contributed by atoms with E-state index in [-0.39, 0.29) is 12.6 Å². The van der Waals surface area contributed by atoms with Crippen LogP contribution < -0.4 is 37.4 Å². The number of aliphatic hydroxyl groups is 3. The van der Waals surface area contributed by atoms with Gasteiger partial charge in [-0.05, 0) is 111 Å². The molecule has 2 saturated heterocycles. The minimum absolute atomic E-state index is 0.0464. The van der Waals surface area contributed by atoms with Crippen LogP contribution >= 0.6 is 121 Å². The number of hydrogen-bond acceptors (Lipinski definition) is 11. The summed E-state index contributed by atoms with van der Waals surface area (Å²) in [6, 6.07) is 23.6. The van der Waals surface area contributed by atoms with Crippen LogP contribution in [0.25, 0.3) is 0 Å². The third kappa shape index (κ3) is 20.4. The number of halogens is 9. The van der Waals surface area contributed by atoms with Crippen LogP contribution in [0.1, 0.15) is 55.2 Å². The molecule has 0 saturated carbocycles. The van der Waals surface area contributed by atoms with E-state index in [1.165, 1.54) is 10.5 Å². The molecular formula is C49H61Cl4I5N5O7-. The Labute approximate surface area is 486 Å². The molecule has 2 fully saturated rings. The SMILES string of the molecule is II.I[I-]I.O=C1CCc2ccc(OCCCCN3CCN(c4cccc(Cl)c4Cl)CC3)cc2C1.O=C1CCc2ccc(OCCCCN3CCN(c4cccc(Cl)c4Cl)CC3)cc2N1CO.OCO. The summed E-state index contributed by atoms with van der Waals surface area (Å²) in [5, 5.41) is 26.3. The van der Waals surface area contributed by atoms with Crippen molar-refractivity contribution in [2.45, 2.75) is 57.8 Å². The van der Waals surface area contributed by atoms with Crippen molar-refractivity contribution in [2.24, 2.45) is 0 Å². The molecule has 4 aliphatic rings. The number of carbonyl (C=O) groups is 2. The van der Waals surface area contributed by atoms with Crippen molar-refractivity contribution in [3.8, 4) is 11.5 Å². The minimum Gasteiger partial charge on any atom is -0.494 e. The first kappa shape index (κ1) is 62.4. The molecule has 0 aromatic heterocycles. The number of anilines is 3. The number of carbonyl (C=O) groups excluding carboxylic acids is 2. The van der Waals surface area contributed by atoms with Gasteiger partial charge in [-0.25, -0.2) is 0 Å². The van der Waals surface area contributed by atoms with E-state index in [2.05, 4.69) is 100 Å². The summed E-state index contributed by atoms with van der Waals surface area (Å²) in [5.41, 5.74) is 6.31. The van der Waals surface area contributed by atoms with Crippen molar-refractivity contribution in [3.05, 3.63) is 110 Å². The normalized spacial score (nSPS) is 15.7. The molecule has 3 N–H and O–H groups in total. The number of benzene rings is 4. The topological polar surface area (TPSA) is 129 Å². The molecule has 3 heterocycles. The van der Waals surface area contributed by atoms with Gasteiger partial charge in [0, 0.05) is 115 Å². The number of aliphatic hydroxyl groups excluding tert-OH is 2. The molecule has 8 rings (SSSR count). The van der Waals surface area contributed by atoms with Crippen molar-refractivity contribution < 1.29 is 47.6 Å². The van der Waals surface area contributed by atoms with Crippen molar-refractivity contribution in [1.82, 2.24) is 9.80 Å². The first-order valence-corrected chi connectivity index (χ1v) is 43.4. The van der Waals surface area contributed by atoms with Crippen LogP contribution in [0, 0.1) is 0 Å². The van der Waals surface area contributed by atoms with E-state index in [1.807, 2.05) is 66.7 Å². The average molecular weight is 1610 g/mol. The number of rotatable bonds is 15. The maximum atomic E-state index is 12.0. The Balaban J connectivity index is 0.000000266. The Morgan fingerprint density at radius 3 is 1.50 bits per heavy atom. The number of hydrogen-bond donors (Lipinski definition) is 3. The van der Waals surface area contributed by atoms with Gasteiger partial charge >= 0.3 is 50.5 Å². The van der Waals surface area contributed by atoms with E-state index in [0.29, 0.717) is 78.0 Å². The predicted molar refractivity (Wildman–Crippen MR) is 318 cm³/mol. The Morgan fingerprint density at radius 2 is 1.01 bits per heavy atom. The molecule has 12 nitrogen and oxygen atoms in total. The molecule has 70 heavy (non-hydrogen) atoms. The minimum atomic E-state index is -0.750. The third-order valence-corrected chi connectivity index (χ3v) is 13.8. The second-order valence-corrected chi connectivity index (χ2v) is 34.3. The number of nitrogens with zero attached hydrogens (tertiary/aromatic N) is 5. The van der Waals surface area contributed by atoms with E-state index in [4.69, 9.17) is 66.1 Å². The van der Waals surface area contributed by atoms with Crippen molar-refractivity contribution in [3.63, 3.8) is 0 Å². The number of fused-ring (bicyclic) bond motifs is 2. The zero-order chi connectivity index (χ0) is 50.8. The molecule has 3 aliphatic heterocycles. The number of unbranched alkanes of at least 4 members (excludes halogenated alkanes) is 2. The van der Waals surface area contributed by atoms with Gasteiger partial charge in [0.05, 0.1) is 50.4 Å². The van der Waals surface area contributed by atoms with Crippen molar-refractivity contribution in [2.75, 3.05) is 107 Å². The maximum Gasteiger partial charge on any atom is 0.229 e. The monoisotopic (exact) mass is 1610 g/mol. The van der Waals surface area contributed by atoms with Crippen LogP contribution in [0.4, 0.5) is 17.1 Å². The van der Waals surface area contributed by atoms with Gasteiger partial charge < -0.3 is 34.6 Å². The largest absolute Gasteiger partial charge is 0.494 e. The quantitative estimate of drug-likeness (QED) is 0.0601. The summed E-state index contributed by atoms with van der Waals surface area (Å²) in [6.45, 7) is 10.3. The van der Waals surface area contributed by atoms with Gasteiger partial charge in [0.15, 0.2) is 0 Å². The fourth-order valence-electron chi connectivity index (χ4n) is 8.59. The fraction of sp³-hybridized carbons (Fsp3) is 0.469. The van der Waals surface area contributed by atoms with Gasteiger partial charge in [-0.15, -0.1) is 0 Å². The third-order valence-electron chi connectivity index (χ3n) is 12.2. The first-order chi connectivity index (χ1) is 34.0. The molecule has 0 radical (unpaired) electrons. The smallest absolute Gasteiger partial charge is 0.229 e.